The molecule has 0 heterocycles. The summed E-state index contributed by atoms with van der Waals surface area (Å²) in [6, 6.07) is 23.4. The Hall–Kier alpha value is -4.26. The molecule has 3 rings (SSSR count). The van der Waals surface area contributed by atoms with Crippen LogP contribution in [0.1, 0.15) is 28.4 Å². The third-order valence-corrected chi connectivity index (χ3v) is 4.78. The van der Waals surface area contributed by atoms with E-state index in [1.54, 1.807) is 50.6 Å². The maximum absolute atomic E-state index is 13.1. The number of ketones is 1. The third-order valence-electron chi connectivity index (χ3n) is 4.78. The van der Waals surface area contributed by atoms with Crippen LogP contribution in [-0.2, 0) is 4.79 Å². The van der Waals surface area contributed by atoms with Gasteiger partial charge in [0.05, 0.1) is 12.8 Å². The van der Waals surface area contributed by atoms with Gasteiger partial charge in [-0.25, -0.2) is 0 Å². The zero-order valence-electron chi connectivity index (χ0n) is 19.5. The van der Waals surface area contributed by atoms with Crippen LogP contribution in [0.2, 0.25) is 0 Å². The molecule has 7 nitrogen and oxygen atoms in total. The van der Waals surface area contributed by atoms with Gasteiger partial charge in [-0.05, 0) is 30.7 Å². The van der Waals surface area contributed by atoms with E-state index in [1.807, 2.05) is 55.5 Å². The predicted octanol–water partition coefficient (Wildman–Crippen LogP) is 4.26. The quantitative estimate of drug-likeness (QED) is 0.259. The summed E-state index contributed by atoms with van der Waals surface area (Å²) in [5.41, 5.74) is 2.17. The SMILES string of the molecule is CCOc1cc(C=NN=C(C(=O)c2ccccc2)c2ccccc2)ccc1OCC(=O)N(C)C. The Morgan fingerprint density at radius 3 is 2.12 bits per heavy atom. The van der Waals surface area contributed by atoms with Crippen LogP contribution in [0.5, 0.6) is 11.5 Å². The highest BCUT2D eigenvalue weighted by molar-refractivity contribution is 6.51. The molecule has 0 spiro atoms. The standard InChI is InChI=1S/C27H27N3O4/c1-4-33-24-17-20(15-16-23(24)34-19-25(31)30(2)3)18-28-29-26(21-11-7-5-8-12-21)27(32)22-13-9-6-10-14-22/h5-18H,4,19H2,1-3H3. The van der Waals surface area contributed by atoms with E-state index in [1.165, 1.54) is 4.90 Å². The summed E-state index contributed by atoms with van der Waals surface area (Å²) in [6.45, 7) is 2.20. The molecule has 0 aliphatic carbocycles. The fraction of sp³-hybridized carbons (Fsp3) is 0.185. The Kier molecular flexibility index (Phi) is 8.68. The fourth-order valence-corrected chi connectivity index (χ4v) is 2.97. The average molecular weight is 458 g/mol. The number of amides is 1. The van der Waals surface area contributed by atoms with Gasteiger partial charge < -0.3 is 14.4 Å². The minimum Gasteiger partial charge on any atom is -0.490 e. The lowest BCUT2D eigenvalue weighted by Crippen LogP contribution is -2.27. The molecule has 3 aromatic rings. The molecular weight excluding hydrogens is 430 g/mol. The van der Waals surface area contributed by atoms with Gasteiger partial charge in [0.25, 0.3) is 5.91 Å². The lowest BCUT2D eigenvalue weighted by molar-refractivity contribution is -0.130. The number of benzene rings is 3. The van der Waals surface area contributed by atoms with Crippen molar-refractivity contribution in [3.63, 3.8) is 0 Å². The van der Waals surface area contributed by atoms with Crippen molar-refractivity contribution in [1.82, 2.24) is 4.90 Å². The molecule has 0 radical (unpaired) electrons. The summed E-state index contributed by atoms with van der Waals surface area (Å²) >= 11 is 0. The van der Waals surface area contributed by atoms with E-state index < -0.39 is 0 Å². The number of nitrogens with zero attached hydrogens (tertiary/aromatic N) is 3. The molecule has 0 aromatic heterocycles. The van der Waals surface area contributed by atoms with E-state index in [2.05, 4.69) is 10.2 Å². The topological polar surface area (TPSA) is 80.6 Å². The van der Waals surface area contributed by atoms with Gasteiger partial charge in [-0.2, -0.15) is 5.10 Å². The molecule has 0 aliphatic rings. The van der Waals surface area contributed by atoms with Crippen LogP contribution in [0.3, 0.4) is 0 Å². The first-order valence-electron chi connectivity index (χ1n) is 10.9. The lowest BCUT2D eigenvalue weighted by Gasteiger charge is -2.14. The van der Waals surface area contributed by atoms with Gasteiger partial charge in [-0.15, -0.1) is 5.10 Å². The van der Waals surface area contributed by atoms with Crippen molar-refractivity contribution in [2.24, 2.45) is 10.2 Å². The zero-order valence-corrected chi connectivity index (χ0v) is 19.5. The van der Waals surface area contributed by atoms with Crippen LogP contribution in [0.25, 0.3) is 0 Å². The number of rotatable bonds is 10. The van der Waals surface area contributed by atoms with E-state index >= 15 is 0 Å². The summed E-state index contributed by atoms with van der Waals surface area (Å²) in [4.78, 5) is 26.4. The number of carbonyl (C=O) groups is 2. The third kappa shape index (κ3) is 6.62. The van der Waals surface area contributed by atoms with E-state index in [0.29, 0.717) is 34.8 Å². The molecule has 0 saturated carbocycles. The molecule has 1 amide bonds. The number of ether oxygens (including phenoxy) is 2. The summed E-state index contributed by atoms with van der Waals surface area (Å²) < 4.78 is 11.3. The predicted molar refractivity (Wildman–Crippen MR) is 133 cm³/mol. The van der Waals surface area contributed by atoms with Gasteiger partial charge in [0.2, 0.25) is 5.78 Å². The number of likely N-dealkylation sites (N-methyl/N-ethyl adjacent to an activating group) is 1. The van der Waals surface area contributed by atoms with Crippen LogP contribution in [0, 0.1) is 0 Å². The van der Waals surface area contributed by atoms with Gasteiger partial charge in [-0.1, -0.05) is 60.7 Å². The number of hydrogen-bond donors (Lipinski definition) is 0. The molecule has 0 N–H and O–H groups in total. The second kappa shape index (κ2) is 12.1. The van der Waals surface area contributed by atoms with Crippen LogP contribution in [-0.4, -0.2) is 55.8 Å². The maximum Gasteiger partial charge on any atom is 0.259 e. The summed E-state index contributed by atoms with van der Waals surface area (Å²) in [5.74, 6) is 0.583. The largest absolute Gasteiger partial charge is 0.490 e. The molecule has 0 bridgehead atoms. The Morgan fingerprint density at radius 2 is 1.50 bits per heavy atom. The fourth-order valence-electron chi connectivity index (χ4n) is 2.97. The first-order chi connectivity index (χ1) is 16.5. The first kappa shape index (κ1) is 24.4. The van der Waals surface area contributed by atoms with Gasteiger partial charge >= 0.3 is 0 Å². The average Bonchev–Trinajstić information content (AvgIpc) is 2.86. The van der Waals surface area contributed by atoms with Crippen molar-refractivity contribution in [2.45, 2.75) is 6.92 Å². The van der Waals surface area contributed by atoms with Crippen molar-refractivity contribution in [3.8, 4) is 11.5 Å². The van der Waals surface area contributed by atoms with E-state index in [-0.39, 0.29) is 24.0 Å². The van der Waals surface area contributed by atoms with Crippen LogP contribution in [0.4, 0.5) is 0 Å². The molecule has 34 heavy (non-hydrogen) atoms. The van der Waals surface area contributed by atoms with Crippen molar-refractivity contribution < 1.29 is 19.1 Å². The molecule has 0 unspecified atom stereocenters. The summed E-state index contributed by atoms with van der Waals surface area (Å²) in [5, 5.41) is 8.44. The zero-order chi connectivity index (χ0) is 24.3. The molecule has 0 atom stereocenters. The van der Waals surface area contributed by atoms with Crippen molar-refractivity contribution >= 4 is 23.6 Å². The van der Waals surface area contributed by atoms with Gasteiger partial charge in [-0.3, -0.25) is 9.59 Å². The van der Waals surface area contributed by atoms with E-state index in [9.17, 15) is 9.59 Å². The monoisotopic (exact) mass is 457 g/mol. The van der Waals surface area contributed by atoms with Crippen molar-refractivity contribution in [3.05, 3.63) is 95.6 Å². The highest BCUT2D eigenvalue weighted by Gasteiger charge is 2.16. The minimum absolute atomic E-state index is 0.0904. The highest BCUT2D eigenvalue weighted by Crippen LogP contribution is 2.28. The van der Waals surface area contributed by atoms with Gasteiger partial charge in [0.15, 0.2) is 18.1 Å². The molecule has 0 fully saturated rings. The van der Waals surface area contributed by atoms with Crippen molar-refractivity contribution in [1.29, 1.82) is 0 Å². The highest BCUT2D eigenvalue weighted by atomic mass is 16.5. The first-order valence-corrected chi connectivity index (χ1v) is 10.9. The summed E-state index contributed by atoms with van der Waals surface area (Å²) in [6.07, 6.45) is 1.54. The number of Topliss-reactive ketones (excluding diaryl/α,β-unsaturated/α-hetero) is 1. The van der Waals surface area contributed by atoms with Crippen LogP contribution >= 0.6 is 0 Å². The van der Waals surface area contributed by atoms with Crippen molar-refractivity contribution in [2.75, 3.05) is 27.3 Å². The van der Waals surface area contributed by atoms with Crippen LogP contribution in [0.15, 0.2) is 89.1 Å². The van der Waals surface area contributed by atoms with Gasteiger partial charge in [0, 0.05) is 25.2 Å². The van der Waals surface area contributed by atoms with E-state index in [0.717, 1.165) is 0 Å². The Labute approximate surface area is 199 Å². The van der Waals surface area contributed by atoms with Crippen LogP contribution < -0.4 is 9.47 Å². The molecule has 0 aliphatic heterocycles. The molecule has 0 saturated heterocycles. The number of hydrogen-bond acceptors (Lipinski definition) is 6. The molecular formula is C27H27N3O4. The molecule has 3 aromatic carbocycles. The molecule has 174 valence electrons. The smallest absolute Gasteiger partial charge is 0.259 e. The summed E-state index contributed by atoms with van der Waals surface area (Å²) in [7, 11) is 3.34. The number of carbonyl (C=O) groups excluding carboxylic acids is 2. The van der Waals surface area contributed by atoms with Gasteiger partial charge in [0.1, 0.15) is 5.71 Å². The second-order valence-electron chi connectivity index (χ2n) is 7.47. The van der Waals surface area contributed by atoms with E-state index in [4.69, 9.17) is 9.47 Å². The lowest BCUT2D eigenvalue weighted by atomic mass is 10.0. The Bertz CT molecular complexity index is 1170. The normalized spacial score (nSPS) is 11.3. The second-order valence-corrected chi connectivity index (χ2v) is 7.47. The molecule has 7 heteroatoms. The Balaban J connectivity index is 1.86. The minimum atomic E-state index is -0.215. The Morgan fingerprint density at radius 1 is 0.853 bits per heavy atom. The maximum atomic E-state index is 13.1.